The standard InChI is InChI=1S/C17H15NO3/c1-21-16(11-6-8-13(19)9-7-11)14-10-12-4-2-3-5-15(12)18-17(14)20/h2-10,16,19H,1H3,(H,18,20). The predicted octanol–water partition coefficient (Wildman–Crippen LogP) is 2.97. The molecule has 0 aliphatic rings. The number of phenolic OH excluding ortho intramolecular Hbond substituents is 1. The van der Waals surface area contributed by atoms with Crippen LogP contribution in [0.1, 0.15) is 17.2 Å². The summed E-state index contributed by atoms with van der Waals surface area (Å²) in [6.45, 7) is 0. The third kappa shape index (κ3) is 2.53. The van der Waals surface area contributed by atoms with Crippen LogP contribution in [0.15, 0.2) is 59.4 Å². The molecule has 0 spiro atoms. The lowest BCUT2D eigenvalue weighted by Crippen LogP contribution is -2.18. The zero-order valence-electron chi connectivity index (χ0n) is 11.5. The summed E-state index contributed by atoms with van der Waals surface area (Å²) in [5.74, 6) is 0.182. The summed E-state index contributed by atoms with van der Waals surface area (Å²) in [5, 5.41) is 10.3. The number of hydrogen-bond acceptors (Lipinski definition) is 3. The van der Waals surface area contributed by atoms with Crippen molar-refractivity contribution in [3.05, 3.63) is 76.1 Å². The van der Waals surface area contributed by atoms with E-state index >= 15 is 0 Å². The molecule has 106 valence electrons. The number of fused-ring (bicyclic) bond motifs is 1. The van der Waals surface area contributed by atoms with E-state index in [1.165, 1.54) is 0 Å². The summed E-state index contributed by atoms with van der Waals surface area (Å²) in [5.41, 5.74) is 1.98. The normalized spacial score (nSPS) is 12.4. The fourth-order valence-electron chi connectivity index (χ4n) is 2.45. The van der Waals surface area contributed by atoms with Gasteiger partial charge in [0.2, 0.25) is 0 Å². The number of para-hydroxylation sites is 1. The molecule has 4 heteroatoms. The van der Waals surface area contributed by atoms with E-state index in [9.17, 15) is 9.90 Å². The zero-order valence-corrected chi connectivity index (χ0v) is 11.5. The number of nitrogens with one attached hydrogen (secondary N) is 1. The first-order valence-electron chi connectivity index (χ1n) is 6.63. The monoisotopic (exact) mass is 281 g/mol. The molecular formula is C17H15NO3. The van der Waals surface area contributed by atoms with Crippen molar-refractivity contribution >= 4 is 10.9 Å². The topological polar surface area (TPSA) is 62.3 Å². The molecule has 0 amide bonds. The van der Waals surface area contributed by atoms with E-state index in [0.717, 1.165) is 16.5 Å². The molecule has 0 saturated carbocycles. The van der Waals surface area contributed by atoms with Gasteiger partial charge in [-0.25, -0.2) is 0 Å². The Bertz CT molecular complexity index is 821. The maximum atomic E-state index is 12.3. The number of aromatic amines is 1. The molecule has 0 aliphatic carbocycles. The van der Waals surface area contributed by atoms with E-state index in [0.29, 0.717) is 5.56 Å². The molecule has 0 saturated heterocycles. The first-order valence-corrected chi connectivity index (χ1v) is 6.63. The quantitative estimate of drug-likeness (QED) is 0.776. The maximum absolute atomic E-state index is 12.3. The number of aromatic hydroxyl groups is 1. The lowest BCUT2D eigenvalue weighted by Gasteiger charge is -2.16. The van der Waals surface area contributed by atoms with Crippen molar-refractivity contribution in [2.45, 2.75) is 6.10 Å². The summed E-state index contributed by atoms with van der Waals surface area (Å²) >= 11 is 0. The van der Waals surface area contributed by atoms with Gasteiger partial charge < -0.3 is 14.8 Å². The molecule has 4 nitrogen and oxygen atoms in total. The van der Waals surface area contributed by atoms with Gasteiger partial charge in [-0.05, 0) is 35.2 Å². The highest BCUT2D eigenvalue weighted by molar-refractivity contribution is 5.78. The van der Waals surface area contributed by atoms with Crippen molar-refractivity contribution in [1.29, 1.82) is 0 Å². The van der Waals surface area contributed by atoms with E-state index < -0.39 is 6.10 Å². The van der Waals surface area contributed by atoms with Crippen molar-refractivity contribution < 1.29 is 9.84 Å². The average molecular weight is 281 g/mol. The lowest BCUT2D eigenvalue weighted by atomic mass is 10.0. The Morgan fingerprint density at radius 2 is 1.81 bits per heavy atom. The minimum atomic E-state index is -0.473. The molecule has 0 fully saturated rings. The first kappa shape index (κ1) is 13.4. The molecule has 1 heterocycles. The number of phenols is 1. The van der Waals surface area contributed by atoms with Crippen LogP contribution in [-0.2, 0) is 4.74 Å². The largest absolute Gasteiger partial charge is 0.508 e. The van der Waals surface area contributed by atoms with Crippen LogP contribution < -0.4 is 5.56 Å². The van der Waals surface area contributed by atoms with Crippen LogP contribution in [0, 0.1) is 0 Å². The van der Waals surface area contributed by atoms with Gasteiger partial charge in [-0.3, -0.25) is 4.79 Å². The predicted molar refractivity (Wildman–Crippen MR) is 81.5 cm³/mol. The van der Waals surface area contributed by atoms with Crippen LogP contribution in [0.4, 0.5) is 0 Å². The highest BCUT2D eigenvalue weighted by atomic mass is 16.5. The third-order valence-electron chi connectivity index (χ3n) is 3.50. The Balaban J connectivity index is 2.14. The van der Waals surface area contributed by atoms with E-state index in [2.05, 4.69) is 4.98 Å². The van der Waals surface area contributed by atoms with Crippen molar-refractivity contribution in [2.75, 3.05) is 7.11 Å². The molecule has 1 unspecified atom stereocenters. The van der Waals surface area contributed by atoms with Crippen LogP contribution in [0.3, 0.4) is 0 Å². The van der Waals surface area contributed by atoms with Crippen LogP contribution in [0.2, 0.25) is 0 Å². The second kappa shape index (κ2) is 5.42. The van der Waals surface area contributed by atoms with Crippen LogP contribution >= 0.6 is 0 Å². The number of rotatable bonds is 3. The molecule has 2 N–H and O–H groups in total. The molecule has 3 aromatic rings. The first-order chi connectivity index (χ1) is 10.2. The van der Waals surface area contributed by atoms with Gasteiger partial charge in [-0.1, -0.05) is 30.3 Å². The van der Waals surface area contributed by atoms with Gasteiger partial charge in [0.25, 0.3) is 5.56 Å². The van der Waals surface area contributed by atoms with Crippen LogP contribution in [0.25, 0.3) is 10.9 Å². The van der Waals surface area contributed by atoms with Crippen molar-refractivity contribution in [2.24, 2.45) is 0 Å². The minimum Gasteiger partial charge on any atom is -0.508 e. The Hall–Kier alpha value is -2.59. The fourth-order valence-corrected chi connectivity index (χ4v) is 2.45. The van der Waals surface area contributed by atoms with Gasteiger partial charge in [0, 0.05) is 12.6 Å². The van der Waals surface area contributed by atoms with Gasteiger partial charge in [-0.15, -0.1) is 0 Å². The molecule has 1 aromatic heterocycles. The zero-order chi connectivity index (χ0) is 14.8. The van der Waals surface area contributed by atoms with Crippen molar-refractivity contribution in [3.63, 3.8) is 0 Å². The van der Waals surface area contributed by atoms with E-state index in [-0.39, 0.29) is 11.3 Å². The Morgan fingerprint density at radius 1 is 1.10 bits per heavy atom. The summed E-state index contributed by atoms with van der Waals surface area (Å²) in [4.78, 5) is 15.2. The Kier molecular flexibility index (Phi) is 3.46. The molecule has 3 rings (SSSR count). The summed E-state index contributed by atoms with van der Waals surface area (Å²) < 4.78 is 5.49. The van der Waals surface area contributed by atoms with Gasteiger partial charge in [0.1, 0.15) is 11.9 Å². The number of pyridine rings is 1. The molecule has 0 aliphatic heterocycles. The minimum absolute atomic E-state index is 0.173. The molecule has 21 heavy (non-hydrogen) atoms. The second-order valence-electron chi connectivity index (χ2n) is 4.85. The maximum Gasteiger partial charge on any atom is 0.254 e. The average Bonchev–Trinajstić information content (AvgIpc) is 2.50. The highest BCUT2D eigenvalue weighted by Crippen LogP contribution is 2.26. The molecular weight excluding hydrogens is 266 g/mol. The molecule has 2 aromatic carbocycles. The summed E-state index contributed by atoms with van der Waals surface area (Å²) in [7, 11) is 1.56. The number of benzene rings is 2. The van der Waals surface area contributed by atoms with E-state index in [4.69, 9.17) is 4.74 Å². The van der Waals surface area contributed by atoms with E-state index in [1.807, 2.05) is 30.3 Å². The van der Waals surface area contributed by atoms with Gasteiger partial charge in [-0.2, -0.15) is 0 Å². The van der Waals surface area contributed by atoms with Gasteiger partial charge in [0.15, 0.2) is 0 Å². The number of hydrogen-bond donors (Lipinski definition) is 2. The number of methoxy groups -OCH3 is 1. The third-order valence-corrected chi connectivity index (χ3v) is 3.50. The number of aromatic nitrogens is 1. The van der Waals surface area contributed by atoms with Crippen molar-refractivity contribution in [1.82, 2.24) is 4.98 Å². The Labute approximate surface area is 121 Å². The lowest BCUT2D eigenvalue weighted by molar-refractivity contribution is 0.135. The SMILES string of the molecule is COC(c1ccc(O)cc1)c1cc2ccccc2[nH]c1=O. The molecule has 1 atom stereocenters. The number of ether oxygens (including phenoxy) is 1. The summed E-state index contributed by atoms with van der Waals surface area (Å²) in [6, 6.07) is 16.1. The van der Waals surface area contributed by atoms with Crippen molar-refractivity contribution in [3.8, 4) is 5.75 Å². The second-order valence-corrected chi connectivity index (χ2v) is 4.85. The van der Waals surface area contributed by atoms with Gasteiger partial charge in [0.05, 0.1) is 5.56 Å². The highest BCUT2D eigenvalue weighted by Gasteiger charge is 2.17. The van der Waals surface area contributed by atoms with E-state index in [1.54, 1.807) is 31.4 Å². The van der Waals surface area contributed by atoms with Gasteiger partial charge >= 0.3 is 0 Å². The Morgan fingerprint density at radius 3 is 2.52 bits per heavy atom. The summed E-state index contributed by atoms with van der Waals surface area (Å²) in [6.07, 6.45) is -0.473. The molecule has 0 bridgehead atoms. The number of H-pyrrole nitrogens is 1. The smallest absolute Gasteiger partial charge is 0.254 e. The fraction of sp³-hybridized carbons (Fsp3) is 0.118. The van der Waals surface area contributed by atoms with Crippen LogP contribution in [0.5, 0.6) is 5.75 Å². The van der Waals surface area contributed by atoms with Crippen LogP contribution in [-0.4, -0.2) is 17.2 Å². The molecule has 0 radical (unpaired) electrons.